The lowest BCUT2D eigenvalue weighted by atomic mass is 9.96. The third-order valence-corrected chi connectivity index (χ3v) is 4.91. The van der Waals surface area contributed by atoms with E-state index in [0.29, 0.717) is 12.1 Å². The number of nitrogens with two attached hydrogens (primary N) is 1. The van der Waals surface area contributed by atoms with Gasteiger partial charge < -0.3 is 15.0 Å². The van der Waals surface area contributed by atoms with E-state index in [4.69, 9.17) is 10.5 Å². The van der Waals surface area contributed by atoms with E-state index in [1.54, 1.807) is 4.57 Å². The number of ether oxygens (including phenoxy) is 1. The number of pyridine rings is 1. The van der Waals surface area contributed by atoms with Gasteiger partial charge in [0.15, 0.2) is 0 Å². The molecule has 0 saturated heterocycles. The smallest absolute Gasteiger partial charge is 0.310 e. The molecule has 0 radical (unpaired) electrons. The third-order valence-electron chi connectivity index (χ3n) is 4.91. The van der Waals surface area contributed by atoms with E-state index in [2.05, 4.69) is 13.0 Å². The van der Waals surface area contributed by atoms with E-state index in [9.17, 15) is 9.59 Å². The maximum absolute atomic E-state index is 12.7. The van der Waals surface area contributed by atoms with Crippen molar-refractivity contribution in [2.24, 2.45) is 0 Å². The Hall–Kier alpha value is -2.82. The van der Waals surface area contributed by atoms with Gasteiger partial charge in [0.2, 0.25) is 0 Å². The normalized spacial score (nSPS) is 19.3. The molecule has 5 heteroatoms. The molecule has 0 amide bonds. The first-order chi connectivity index (χ1) is 12.5. The SMILES string of the molecule is CC.CC1/C(=C\c2ccccc2N)Cn2c1cc1c(c2=O)COC(=O)C1. The van der Waals surface area contributed by atoms with E-state index in [0.717, 1.165) is 28.1 Å². The van der Waals surface area contributed by atoms with Crippen LogP contribution in [-0.4, -0.2) is 10.5 Å². The average Bonchev–Trinajstić information content (AvgIpc) is 2.95. The number of allylic oxidation sites excluding steroid dienone is 1. The minimum Gasteiger partial charge on any atom is -0.460 e. The summed E-state index contributed by atoms with van der Waals surface area (Å²) in [5.41, 5.74) is 11.2. The average molecular weight is 352 g/mol. The minimum atomic E-state index is -0.273. The second kappa shape index (κ2) is 7.20. The van der Waals surface area contributed by atoms with E-state index in [1.807, 2.05) is 44.2 Å². The summed E-state index contributed by atoms with van der Waals surface area (Å²) in [6, 6.07) is 9.67. The number of nitrogens with zero attached hydrogens (tertiary/aromatic N) is 1. The van der Waals surface area contributed by atoms with Gasteiger partial charge in [-0.15, -0.1) is 0 Å². The second-order valence-corrected chi connectivity index (χ2v) is 6.37. The Bertz CT molecular complexity index is 941. The largest absolute Gasteiger partial charge is 0.460 e. The number of cyclic esters (lactones) is 1. The topological polar surface area (TPSA) is 74.3 Å². The van der Waals surface area contributed by atoms with E-state index < -0.39 is 0 Å². The molecule has 3 heterocycles. The van der Waals surface area contributed by atoms with Gasteiger partial charge in [-0.25, -0.2) is 0 Å². The summed E-state index contributed by atoms with van der Waals surface area (Å²) in [6.45, 7) is 6.70. The predicted molar refractivity (Wildman–Crippen MR) is 103 cm³/mol. The quantitative estimate of drug-likeness (QED) is 0.631. The van der Waals surface area contributed by atoms with Gasteiger partial charge in [0.05, 0.1) is 12.0 Å². The van der Waals surface area contributed by atoms with Crippen molar-refractivity contribution in [3.63, 3.8) is 0 Å². The van der Waals surface area contributed by atoms with E-state index in [-0.39, 0.29) is 30.5 Å². The van der Waals surface area contributed by atoms with Crippen LogP contribution in [0.25, 0.3) is 6.08 Å². The first-order valence-electron chi connectivity index (χ1n) is 9.00. The fraction of sp³-hybridized carbons (Fsp3) is 0.333. The Balaban J connectivity index is 0.000000948. The molecular weight excluding hydrogens is 328 g/mol. The molecule has 1 atom stereocenters. The van der Waals surface area contributed by atoms with Gasteiger partial charge in [0, 0.05) is 23.8 Å². The molecular formula is C21H24N2O3. The maximum atomic E-state index is 12.7. The molecule has 2 aromatic rings. The molecule has 26 heavy (non-hydrogen) atoms. The van der Waals surface area contributed by atoms with Crippen LogP contribution in [-0.2, 0) is 29.1 Å². The van der Waals surface area contributed by atoms with Crippen molar-refractivity contribution in [2.45, 2.75) is 46.3 Å². The zero-order chi connectivity index (χ0) is 18.8. The molecule has 136 valence electrons. The van der Waals surface area contributed by atoms with Crippen molar-refractivity contribution in [1.29, 1.82) is 0 Å². The van der Waals surface area contributed by atoms with E-state index >= 15 is 0 Å². The molecule has 1 unspecified atom stereocenters. The van der Waals surface area contributed by atoms with Gasteiger partial charge in [-0.3, -0.25) is 9.59 Å². The lowest BCUT2D eigenvalue weighted by Gasteiger charge is -2.18. The number of carbonyl (C=O) groups is 1. The molecule has 2 N–H and O–H groups in total. The highest BCUT2D eigenvalue weighted by Crippen LogP contribution is 2.34. The predicted octanol–water partition coefficient (Wildman–Crippen LogP) is 3.26. The molecule has 1 aromatic carbocycles. The molecule has 0 aliphatic carbocycles. The number of carbonyl (C=O) groups excluding carboxylic acids is 1. The van der Waals surface area contributed by atoms with Crippen molar-refractivity contribution in [3.8, 4) is 0 Å². The number of nitrogen functional groups attached to an aromatic ring is 1. The summed E-state index contributed by atoms with van der Waals surface area (Å²) in [5, 5.41) is 0. The summed E-state index contributed by atoms with van der Waals surface area (Å²) >= 11 is 0. The number of para-hydroxylation sites is 1. The summed E-state index contributed by atoms with van der Waals surface area (Å²) in [5.74, 6) is -0.161. The highest BCUT2D eigenvalue weighted by Gasteiger charge is 2.29. The van der Waals surface area contributed by atoms with Crippen LogP contribution in [0.4, 0.5) is 5.69 Å². The van der Waals surface area contributed by atoms with Crippen LogP contribution in [0, 0.1) is 0 Å². The summed E-state index contributed by atoms with van der Waals surface area (Å²) < 4.78 is 6.81. The van der Waals surface area contributed by atoms with Crippen molar-refractivity contribution in [3.05, 3.63) is 68.6 Å². The van der Waals surface area contributed by atoms with Gasteiger partial charge in [-0.2, -0.15) is 0 Å². The van der Waals surface area contributed by atoms with Gasteiger partial charge in [0.1, 0.15) is 6.61 Å². The monoisotopic (exact) mass is 352 g/mol. The fourth-order valence-electron chi connectivity index (χ4n) is 3.48. The molecule has 0 fully saturated rings. The number of hydrogen-bond acceptors (Lipinski definition) is 4. The molecule has 2 aliphatic rings. The van der Waals surface area contributed by atoms with Crippen molar-refractivity contribution in [1.82, 2.24) is 4.57 Å². The third kappa shape index (κ3) is 3.05. The number of fused-ring (bicyclic) bond motifs is 2. The number of anilines is 1. The number of hydrogen-bond donors (Lipinski definition) is 1. The van der Waals surface area contributed by atoms with Gasteiger partial charge in [-0.1, -0.05) is 45.0 Å². The van der Waals surface area contributed by atoms with Crippen LogP contribution in [0.2, 0.25) is 0 Å². The Morgan fingerprint density at radius 1 is 1.23 bits per heavy atom. The van der Waals surface area contributed by atoms with Crippen LogP contribution in [0.3, 0.4) is 0 Å². The van der Waals surface area contributed by atoms with Crippen LogP contribution >= 0.6 is 0 Å². The standard InChI is InChI=1S/C19H18N2O3.C2H6/c1-11-14(6-12-4-2-3-5-16(12)20)9-21-17(11)7-13-8-18(22)24-10-15(13)19(21)23;1-2/h2-7,11H,8-10,20H2,1H3;1-2H3/b14-6-;. The number of rotatable bonds is 1. The minimum absolute atomic E-state index is 0.0497. The number of esters is 1. The highest BCUT2D eigenvalue weighted by atomic mass is 16.5. The van der Waals surface area contributed by atoms with Crippen LogP contribution < -0.4 is 11.3 Å². The fourth-order valence-corrected chi connectivity index (χ4v) is 3.48. The highest BCUT2D eigenvalue weighted by molar-refractivity contribution is 5.75. The Labute approximate surface area is 153 Å². The van der Waals surface area contributed by atoms with Crippen molar-refractivity contribution >= 4 is 17.7 Å². The molecule has 4 rings (SSSR count). The Morgan fingerprint density at radius 2 is 1.96 bits per heavy atom. The Kier molecular flexibility index (Phi) is 4.98. The molecule has 2 aliphatic heterocycles. The van der Waals surface area contributed by atoms with Crippen LogP contribution in [0.5, 0.6) is 0 Å². The van der Waals surface area contributed by atoms with Crippen LogP contribution in [0.15, 0.2) is 40.7 Å². The molecule has 0 spiro atoms. The number of aromatic nitrogens is 1. The van der Waals surface area contributed by atoms with Gasteiger partial charge >= 0.3 is 5.97 Å². The second-order valence-electron chi connectivity index (χ2n) is 6.37. The molecule has 0 saturated carbocycles. The van der Waals surface area contributed by atoms with Crippen molar-refractivity contribution < 1.29 is 9.53 Å². The van der Waals surface area contributed by atoms with Crippen molar-refractivity contribution in [2.75, 3.05) is 5.73 Å². The van der Waals surface area contributed by atoms with Crippen LogP contribution in [0.1, 0.15) is 49.1 Å². The zero-order valence-electron chi connectivity index (χ0n) is 15.4. The first kappa shape index (κ1) is 18.0. The van der Waals surface area contributed by atoms with E-state index in [1.165, 1.54) is 0 Å². The summed E-state index contributed by atoms with van der Waals surface area (Å²) in [4.78, 5) is 24.2. The lowest BCUT2D eigenvalue weighted by Crippen LogP contribution is -2.30. The van der Waals surface area contributed by atoms with Gasteiger partial charge in [-0.05, 0) is 28.8 Å². The molecule has 1 aromatic heterocycles. The first-order valence-corrected chi connectivity index (χ1v) is 9.00. The molecule has 0 bridgehead atoms. The molecule has 5 nitrogen and oxygen atoms in total. The van der Waals surface area contributed by atoms with Gasteiger partial charge in [0.25, 0.3) is 5.56 Å². The number of benzene rings is 1. The summed E-state index contributed by atoms with van der Waals surface area (Å²) in [6.07, 6.45) is 2.24. The maximum Gasteiger partial charge on any atom is 0.310 e. The lowest BCUT2D eigenvalue weighted by molar-refractivity contribution is -0.145. The Morgan fingerprint density at radius 3 is 2.69 bits per heavy atom. The summed E-state index contributed by atoms with van der Waals surface area (Å²) in [7, 11) is 0. The zero-order valence-corrected chi connectivity index (χ0v) is 15.4.